The number of benzene rings is 1. The molecule has 0 spiro atoms. The molecule has 0 saturated heterocycles. The van der Waals surface area contributed by atoms with Crippen molar-refractivity contribution in [3.63, 3.8) is 0 Å². The van der Waals surface area contributed by atoms with Crippen molar-refractivity contribution in [2.24, 2.45) is 0 Å². The molecule has 0 atom stereocenters. The summed E-state index contributed by atoms with van der Waals surface area (Å²) in [4.78, 5) is 26.7. The van der Waals surface area contributed by atoms with Gasteiger partial charge in [0.25, 0.3) is 0 Å². The fraction of sp³-hybridized carbons (Fsp3) is 0.154. The van der Waals surface area contributed by atoms with E-state index in [-0.39, 0.29) is 11.3 Å². The van der Waals surface area contributed by atoms with Gasteiger partial charge in [-0.05, 0) is 24.3 Å². The molecule has 2 rings (SSSR count). The van der Waals surface area contributed by atoms with Crippen LogP contribution in [0.1, 0.15) is 20.8 Å². The molecule has 0 aliphatic heterocycles. The number of esters is 1. The lowest BCUT2D eigenvalue weighted by molar-refractivity contribution is 0.0603. The number of carbonyl (C=O) groups excluding carboxylic acids is 1. The minimum absolute atomic E-state index is 0.142. The van der Waals surface area contributed by atoms with E-state index in [2.05, 4.69) is 9.72 Å². The van der Waals surface area contributed by atoms with Gasteiger partial charge in [-0.25, -0.2) is 14.6 Å². The van der Waals surface area contributed by atoms with E-state index in [1.54, 1.807) is 18.2 Å². The van der Waals surface area contributed by atoms with E-state index in [0.29, 0.717) is 16.7 Å². The topological polar surface area (TPSA) is 85.7 Å². The van der Waals surface area contributed by atoms with Gasteiger partial charge in [0.15, 0.2) is 0 Å². The highest BCUT2D eigenvalue weighted by Crippen LogP contribution is 2.24. The number of rotatable bonds is 3. The number of aromatic nitrogens is 1. The standard InChI is InChI=1S/C13H11NO5/c1-18-7-3-4-10-8(5-7)9(13(17)19-2)6-11(14-10)12(15)16/h3-6H,1-2H3,(H,15,16). The van der Waals surface area contributed by atoms with E-state index in [1.807, 2.05) is 0 Å². The minimum Gasteiger partial charge on any atom is -0.497 e. The van der Waals surface area contributed by atoms with Crippen molar-refractivity contribution in [2.75, 3.05) is 14.2 Å². The summed E-state index contributed by atoms with van der Waals surface area (Å²) >= 11 is 0. The molecule has 0 bridgehead atoms. The van der Waals surface area contributed by atoms with Crippen molar-refractivity contribution in [2.45, 2.75) is 0 Å². The molecule has 0 radical (unpaired) electrons. The maximum atomic E-state index is 11.7. The van der Waals surface area contributed by atoms with Gasteiger partial charge in [-0.2, -0.15) is 0 Å². The van der Waals surface area contributed by atoms with Crippen LogP contribution in [0, 0.1) is 0 Å². The van der Waals surface area contributed by atoms with Crippen molar-refractivity contribution in [1.82, 2.24) is 4.98 Å². The van der Waals surface area contributed by atoms with Crippen LogP contribution in [0.15, 0.2) is 24.3 Å². The first-order chi connectivity index (χ1) is 9.06. The number of carboxylic acids is 1. The lowest BCUT2D eigenvalue weighted by atomic mass is 10.1. The van der Waals surface area contributed by atoms with E-state index in [1.165, 1.54) is 20.3 Å². The molecule has 19 heavy (non-hydrogen) atoms. The lowest BCUT2D eigenvalue weighted by Crippen LogP contribution is -2.08. The molecular formula is C13H11NO5. The Morgan fingerprint density at radius 2 is 1.95 bits per heavy atom. The van der Waals surface area contributed by atoms with Gasteiger partial charge in [0.05, 0.1) is 25.3 Å². The number of fused-ring (bicyclic) bond motifs is 1. The fourth-order valence-corrected chi connectivity index (χ4v) is 1.72. The molecule has 2 aromatic rings. The van der Waals surface area contributed by atoms with E-state index >= 15 is 0 Å². The Balaban J connectivity index is 2.78. The molecular weight excluding hydrogens is 250 g/mol. The zero-order valence-electron chi connectivity index (χ0n) is 10.3. The smallest absolute Gasteiger partial charge is 0.354 e. The number of aromatic carboxylic acids is 1. The molecule has 0 fully saturated rings. The molecule has 1 heterocycles. The molecule has 1 aromatic carbocycles. The predicted molar refractivity (Wildman–Crippen MR) is 66.6 cm³/mol. The van der Waals surface area contributed by atoms with Crippen molar-refractivity contribution in [3.05, 3.63) is 35.5 Å². The summed E-state index contributed by atoms with van der Waals surface area (Å²) in [6.07, 6.45) is 0. The molecule has 6 nitrogen and oxygen atoms in total. The highest BCUT2D eigenvalue weighted by atomic mass is 16.5. The molecule has 0 unspecified atom stereocenters. The van der Waals surface area contributed by atoms with Gasteiger partial charge >= 0.3 is 11.9 Å². The number of methoxy groups -OCH3 is 2. The van der Waals surface area contributed by atoms with Gasteiger partial charge in [0, 0.05) is 5.39 Å². The minimum atomic E-state index is -1.21. The average molecular weight is 261 g/mol. The maximum Gasteiger partial charge on any atom is 0.354 e. The quantitative estimate of drug-likeness (QED) is 0.847. The van der Waals surface area contributed by atoms with Crippen molar-refractivity contribution < 1.29 is 24.2 Å². The van der Waals surface area contributed by atoms with Crippen LogP contribution >= 0.6 is 0 Å². The van der Waals surface area contributed by atoms with Crippen LogP contribution in [0.4, 0.5) is 0 Å². The van der Waals surface area contributed by atoms with Gasteiger partial charge in [-0.1, -0.05) is 0 Å². The normalized spacial score (nSPS) is 10.2. The molecule has 1 N–H and O–H groups in total. The fourth-order valence-electron chi connectivity index (χ4n) is 1.72. The maximum absolute atomic E-state index is 11.7. The Kier molecular flexibility index (Phi) is 3.33. The predicted octanol–water partition coefficient (Wildman–Crippen LogP) is 1.73. The summed E-state index contributed by atoms with van der Waals surface area (Å²) < 4.78 is 9.72. The van der Waals surface area contributed by atoms with Gasteiger partial charge in [0.1, 0.15) is 11.4 Å². The molecule has 0 saturated carbocycles. The van der Waals surface area contributed by atoms with Gasteiger partial charge in [0.2, 0.25) is 0 Å². The van der Waals surface area contributed by atoms with Crippen molar-refractivity contribution >= 4 is 22.8 Å². The second-order valence-electron chi connectivity index (χ2n) is 3.73. The zero-order valence-corrected chi connectivity index (χ0v) is 10.3. The first kappa shape index (κ1) is 12.8. The summed E-state index contributed by atoms with van der Waals surface area (Å²) in [5.74, 6) is -1.28. The van der Waals surface area contributed by atoms with E-state index < -0.39 is 11.9 Å². The Hall–Kier alpha value is -2.63. The number of carbonyl (C=O) groups is 2. The third-order valence-electron chi connectivity index (χ3n) is 2.64. The lowest BCUT2D eigenvalue weighted by Gasteiger charge is -2.07. The van der Waals surface area contributed by atoms with Crippen LogP contribution in [0.3, 0.4) is 0 Å². The Bertz CT molecular complexity index is 665. The number of ether oxygens (including phenoxy) is 2. The van der Waals surface area contributed by atoms with Crippen LogP contribution in [-0.4, -0.2) is 36.2 Å². The largest absolute Gasteiger partial charge is 0.497 e. The first-order valence-electron chi connectivity index (χ1n) is 5.37. The van der Waals surface area contributed by atoms with Crippen molar-refractivity contribution in [3.8, 4) is 5.75 Å². The van der Waals surface area contributed by atoms with E-state index in [9.17, 15) is 9.59 Å². The highest BCUT2D eigenvalue weighted by Gasteiger charge is 2.17. The number of pyridine rings is 1. The zero-order chi connectivity index (χ0) is 14.0. The molecule has 0 aliphatic rings. The third kappa shape index (κ3) is 2.33. The number of carboxylic acid groups (broad SMARTS) is 1. The summed E-state index contributed by atoms with van der Waals surface area (Å²) in [7, 11) is 2.73. The van der Waals surface area contributed by atoms with E-state index in [4.69, 9.17) is 9.84 Å². The summed E-state index contributed by atoms with van der Waals surface area (Å²) in [6, 6.07) is 6.03. The van der Waals surface area contributed by atoms with Crippen LogP contribution in [0.25, 0.3) is 10.9 Å². The first-order valence-corrected chi connectivity index (χ1v) is 5.37. The summed E-state index contributed by atoms with van der Waals surface area (Å²) in [5.41, 5.74) is 0.322. The van der Waals surface area contributed by atoms with Gasteiger partial charge in [-0.3, -0.25) is 0 Å². The van der Waals surface area contributed by atoms with Crippen LogP contribution in [0.2, 0.25) is 0 Å². The SMILES string of the molecule is COC(=O)c1cc(C(=O)O)nc2ccc(OC)cc12. The summed E-state index contributed by atoms with van der Waals surface area (Å²) in [6.45, 7) is 0. The molecule has 0 amide bonds. The number of hydrogen-bond donors (Lipinski definition) is 1. The van der Waals surface area contributed by atoms with Crippen molar-refractivity contribution in [1.29, 1.82) is 0 Å². The van der Waals surface area contributed by atoms with Crippen LogP contribution in [0.5, 0.6) is 5.75 Å². The highest BCUT2D eigenvalue weighted by molar-refractivity contribution is 6.05. The summed E-state index contributed by atoms with van der Waals surface area (Å²) in [5, 5.41) is 9.47. The second kappa shape index (κ2) is 4.93. The second-order valence-corrected chi connectivity index (χ2v) is 3.73. The average Bonchev–Trinajstić information content (AvgIpc) is 2.44. The molecule has 98 valence electrons. The molecule has 0 aliphatic carbocycles. The van der Waals surface area contributed by atoms with Gasteiger partial charge in [-0.15, -0.1) is 0 Å². The molecule has 1 aromatic heterocycles. The van der Waals surface area contributed by atoms with Crippen LogP contribution in [-0.2, 0) is 4.74 Å². The Morgan fingerprint density at radius 1 is 1.21 bits per heavy atom. The molecule has 6 heteroatoms. The van der Waals surface area contributed by atoms with Gasteiger partial charge < -0.3 is 14.6 Å². The van der Waals surface area contributed by atoms with E-state index in [0.717, 1.165) is 0 Å². The Morgan fingerprint density at radius 3 is 2.53 bits per heavy atom. The third-order valence-corrected chi connectivity index (χ3v) is 2.64. The number of hydrogen-bond acceptors (Lipinski definition) is 5. The van der Waals surface area contributed by atoms with Crippen LogP contribution < -0.4 is 4.74 Å². The Labute approximate surface area is 108 Å². The monoisotopic (exact) mass is 261 g/mol. The number of nitrogens with zero attached hydrogens (tertiary/aromatic N) is 1.